The Morgan fingerprint density at radius 3 is 2.59 bits per heavy atom. The maximum absolute atomic E-state index is 12.8. The van der Waals surface area contributed by atoms with Crippen molar-refractivity contribution in [2.75, 3.05) is 5.32 Å². The molecule has 0 fully saturated rings. The number of aromatic amines is 1. The lowest BCUT2D eigenvalue weighted by atomic mass is 10.1. The number of aromatic nitrogens is 4. The monoisotopic (exact) mass is 297 g/mol. The summed E-state index contributed by atoms with van der Waals surface area (Å²) < 4.78 is 12.8. The van der Waals surface area contributed by atoms with E-state index in [0.717, 1.165) is 5.56 Å². The molecule has 2 N–H and O–H groups in total. The summed E-state index contributed by atoms with van der Waals surface area (Å²) in [7, 11) is 0. The largest absolute Gasteiger partial charge is 0.289 e. The van der Waals surface area contributed by atoms with Crippen molar-refractivity contribution in [2.45, 2.75) is 6.42 Å². The molecule has 0 bridgehead atoms. The Bertz CT molecular complexity index is 770. The standard InChI is InChI=1S/C15H12FN5O/c16-12-3-1-10(2-4-12)9-13-18-15(21-20-13)19-14(22)11-5-7-17-8-6-11/h1-8H,9H2,(H2,18,19,20,21,22). The van der Waals surface area contributed by atoms with Crippen molar-refractivity contribution in [1.29, 1.82) is 0 Å². The minimum absolute atomic E-state index is 0.193. The second-order valence-electron chi connectivity index (χ2n) is 4.60. The Morgan fingerprint density at radius 2 is 1.86 bits per heavy atom. The molecule has 1 aromatic carbocycles. The van der Waals surface area contributed by atoms with Gasteiger partial charge >= 0.3 is 0 Å². The number of halogens is 1. The summed E-state index contributed by atoms with van der Waals surface area (Å²) in [5.41, 5.74) is 1.37. The van der Waals surface area contributed by atoms with E-state index in [9.17, 15) is 9.18 Å². The molecule has 0 unspecified atom stereocenters. The summed E-state index contributed by atoms with van der Waals surface area (Å²) in [6.07, 6.45) is 3.54. The number of benzene rings is 1. The molecule has 3 aromatic rings. The third-order valence-corrected chi connectivity index (χ3v) is 2.98. The SMILES string of the molecule is O=C(Nc1n[nH]c(Cc2ccc(F)cc2)n1)c1ccncc1. The van der Waals surface area contributed by atoms with Gasteiger partial charge < -0.3 is 0 Å². The molecule has 6 nitrogen and oxygen atoms in total. The zero-order valence-electron chi connectivity index (χ0n) is 11.5. The van der Waals surface area contributed by atoms with Gasteiger partial charge in [-0.1, -0.05) is 12.1 Å². The van der Waals surface area contributed by atoms with E-state index >= 15 is 0 Å². The molecule has 0 saturated heterocycles. The van der Waals surface area contributed by atoms with E-state index in [2.05, 4.69) is 25.5 Å². The van der Waals surface area contributed by atoms with E-state index in [4.69, 9.17) is 0 Å². The third kappa shape index (κ3) is 3.32. The molecule has 0 aliphatic carbocycles. The molecule has 22 heavy (non-hydrogen) atoms. The van der Waals surface area contributed by atoms with Crippen LogP contribution >= 0.6 is 0 Å². The average Bonchev–Trinajstić information content (AvgIpc) is 2.97. The van der Waals surface area contributed by atoms with E-state index < -0.39 is 0 Å². The van der Waals surface area contributed by atoms with Gasteiger partial charge in [-0.3, -0.25) is 20.2 Å². The van der Waals surface area contributed by atoms with E-state index in [1.807, 2.05) is 0 Å². The summed E-state index contributed by atoms with van der Waals surface area (Å²) in [5.74, 6) is 0.178. The van der Waals surface area contributed by atoms with Gasteiger partial charge in [0, 0.05) is 24.4 Å². The van der Waals surface area contributed by atoms with Crippen molar-refractivity contribution < 1.29 is 9.18 Å². The van der Waals surface area contributed by atoms with Gasteiger partial charge in [0.15, 0.2) is 0 Å². The van der Waals surface area contributed by atoms with E-state index in [0.29, 0.717) is 17.8 Å². The van der Waals surface area contributed by atoms with Crippen LogP contribution < -0.4 is 5.32 Å². The molecular formula is C15H12FN5O. The maximum Gasteiger partial charge on any atom is 0.258 e. The second kappa shape index (κ2) is 6.13. The zero-order valence-corrected chi connectivity index (χ0v) is 11.5. The molecule has 2 heterocycles. The summed E-state index contributed by atoms with van der Waals surface area (Å²) in [5, 5.41) is 9.27. The van der Waals surface area contributed by atoms with Gasteiger partial charge in [-0.15, -0.1) is 5.10 Å². The fourth-order valence-corrected chi connectivity index (χ4v) is 1.90. The number of pyridine rings is 1. The lowest BCUT2D eigenvalue weighted by Crippen LogP contribution is -2.12. The first-order valence-corrected chi connectivity index (χ1v) is 6.58. The maximum atomic E-state index is 12.8. The van der Waals surface area contributed by atoms with Crippen LogP contribution in [0.15, 0.2) is 48.8 Å². The molecule has 3 rings (SSSR count). The molecule has 0 saturated carbocycles. The van der Waals surface area contributed by atoms with Crippen molar-refractivity contribution in [3.63, 3.8) is 0 Å². The van der Waals surface area contributed by atoms with Crippen LogP contribution in [0.25, 0.3) is 0 Å². The van der Waals surface area contributed by atoms with Crippen LogP contribution in [0, 0.1) is 5.82 Å². The number of carbonyl (C=O) groups excluding carboxylic acids is 1. The summed E-state index contributed by atoms with van der Waals surface area (Å²) in [6, 6.07) is 9.32. The average molecular weight is 297 g/mol. The molecule has 0 aliphatic heterocycles. The smallest absolute Gasteiger partial charge is 0.258 e. The summed E-state index contributed by atoms with van der Waals surface area (Å²) >= 11 is 0. The molecule has 0 aliphatic rings. The second-order valence-corrected chi connectivity index (χ2v) is 4.60. The Hall–Kier alpha value is -3.09. The minimum atomic E-state index is -0.310. The number of H-pyrrole nitrogens is 1. The minimum Gasteiger partial charge on any atom is -0.289 e. The number of amides is 1. The van der Waals surface area contributed by atoms with Gasteiger partial charge in [0.25, 0.3) is 5.91 Å². The van der Waals surface area contributed by atoms with Crippen LogP contribution in [0.5, 0.6) is 0 Å². The van der Waals surface area contributed by atoms with Crippen molar-refractivity contribution in [3.8, 4) is 0 Å². The number of nitrogens with zero attached hydrogens (tertiary/aromatic N) is 3. The van der Waals surface area contributed by atoms with Crippen molar-refractivity contribution in [3.05, 3.63) is 71.6 Å². The van der Waals surface area contributed by atoms with Crippen LogP contribution in [0.2, 0.25) is 0 Å². The zero-order chi connectivity index (χ0) is 15.4. The number of carbonyl (C=O) groups is 1. The molecule has 7 heteroatoms. The molecule has 0 spiro atoms. The lowest BCUT2D eigenvalue weighted by molar-refractivity contribution is 0.102. The first kappa shape index (κ1) is 13.9. The quantitative estimate of drug-likeness (QED) is 0.773. The van der Waals surface area contributed by atoms with Crippen molar-refractivity contribution >= 4 is 11.9 Å². The normalized spacial score (nSPS) is 10.4. The van der Waals surface area contributed by atoms with Crippen molar-refractivity contribution in [2.24, 2.45) is 0 Å². The number of hydrogen-bond donors (Lipinski definition) is 2. The van der Waals surface area contributed by atoms with Crippen LogP contribution in [-0.4, -0.2) is 26.1 Å². The van der Waals surface area contributed by atoms with E-state index in [1.165, 1.54) is 24.5 Å². The fraction of sp³-hybridized carbons (Fsp3) is 0.0667. The first-order valence-electron chi connectivity index (χ1n) is 6.58. The number of anilines is 1. The highest BCUT2D eigenvalue weighted by Gasteiger charge is 2.09. The summed E-state index contributed by atoms with van der Waals surface area (Å²) in [6.45, 7) is 0. The van der Waals surface area contributed by atoms with Gasteiger partial charge in [0.2, 0.25) is 5.95 Å². The van der Waals surface area contributed by atoms with Crippen LogP contribution in [0.1, 0.15) is 21.7 Å². The lowest BCUT2D eigenvalue weighted by Gasteiger charge is -1.99. The third-order valence-electron chi connectivity index (χ3n) is 2.98. The van der Waals surface area contributed by atoms with Gasteiger partial charge in [-0.05, 0) is 29.8 Å². The molecule has 110 valence electrons. The number of hydrogen-bond acceptors (Lipinski definition) is 4. The van der Waals surface area contributed by atoms with E-state index in [1.54, 1.807) is 24.3 Å². The highest BCUT2D eigenvalue weighted by molar-refractivity contribution is 6.03. The fourth-order valence-electron chi connectivity index (χ4n) is 1.90. The molecule has 0 atom stereocenters. The van der Waals surface area contributed by atoms with E-state index in [-0.39, 0.29) is 17.7 Å². The van der Waals surface area contributed by atoms with Gasteiger partial charge in [0.05, 0.1) is 0 Å². The van der Waals surface area contributed by atoms with Crippen LogP contribution in [-0.2, 0) is 6.42 Å². The Labute approximate surface area is 125 Å². The molecular weight excluding hydrogens is 285 g/mol. The van der Waals surface area contributed by atoms with Gasteiger partial charge in [-0.25, -0.2) is 4.39 Å². The van der Waals surface area contributed by atoms with Crippen LogP contribution in [0.3, 0.4) is 0 Å². The Balaban J connectivity index is 1.66. The highest BCUT2D eigenvalue weighted by Crippen LogP contribution is 2.09. The number of nitrogens with one attached hydrogen (secondary N) is 2. The number of rotatable bonds is 4. The molecule has 1 amide bonds. The highest BCUT2D eigenvalue weighted by atomic mass is 19.1. The summed E-state index contributed by atoms with van der Waals surface area (Å²) in [4.78, 5) is 20.0. The first-order chi connectivity index (χ1) is 10.7. The van der Waals surface area contributed by atoms with Crippen LogP contribution in [0.4, 0.5) is 10.3 Å². The predicted molar refractivity (Wildman–Crippen MR) is 77.8 cm³/mol. The Kier molecular flexibility index (Phi) is 3.86. The van der Waals surface area contributed by atoms with Crippen molar-refractivity contribution in [1.82, 2.24) is 20.2 Å². The Morgan fingerprint density at radius 1 is 1.14 bits per heavy atom. The topological polar surface area (TPSA) is 83.6 Å². The molecule has 2 aromatic heterocycles. The predicted octanol–water partition coefficient (Wildman–Crippen LogP) is 2.18. The molecule has 0 radical (unpaired) electrons. The van der Waals surface area contributed by atoms with Gasteiger partial charge in [-0.2, -0.15) is 4.98 Å². The van der Waals surface area contributed by atoms with Gasteiger partial charge in [0.1, 0.15) is 11.6 Å².